The molecule has 0 radical (unpaired) electrons. The predicted octanol–water partition coefficient (Wildman–Crippen LogP) is 2.11. The summed E-state index contributed by atoms with van der Waals surface area (Å²) >= 11 is 0. The van der Waals surface area contributed by atoms with E-state index in [-0.39, 0.29) is 19.1 Å². The molecule has 3 N–H and O–H groups in total. The van der Waals surface area contributed by atoms with Gasteiger partial charge in [0, 0.05) is 7.11 Å². The Balaban J connectivity index is 2.06. The van der Waals surface area contributed by atoms with E-state index in [1.54, 1.807) is 6.92 Å². The van der Waals surface area contributed by atoms with Gasteiger partial charge >= 0.3 is 6.03 Å². The summed E-state index contributed by atoms with van der Waals surface area (Å²) in [7, 11) is 1.45. The maximum absolute atomic E-state index is 13.4. The molecule has 1 aromatic rings. The van der Waals surface area contributed by atoms with Crippen molar-refractivity contribution in [3.05, 3.63) is 35.4 Å². The van der Waals surface area contributed by atoms with Crippen LogP contribution in [0, 0.1) is 17.6 Å². The third-order valence-corrected chi connectivity index (χ3v) is 4.19. The smallest absolute Gasteiger partial charge is 0.315 e. The summed E-state index contributed by atoms with van der Waals surface area (Å²) in [5, 5.41) is 15.0. The van der Waals surface area contributed by atoms with Gasteiger partial charge in [0.15, 0.2) is 11.6 Å². The van der Waals surface area contributed by atoms with Crippen LogP contribution in [-0.4, -0.2) is 37.0 Å². The van der Waals surface area contributed by atoms with Crippen LogP contribution in [0.2, 0.25) is 0 Å². The molecule has 0 aromatic heterocycles. The number of benzene rings is 1. The highest BCUT2D eigenvalue weighted by Crippen LogP contribution is 2.39. The highest BCUT2D eigenvalue weighted by atomic mass is 19.2. The Morgan fingerprint density at radius 1 is 1.43 bits per heavy atom. The molecule has 0 aliphatic heterocycles. The first-order chi connectivity index (χ1) is 10.9. The van der Waals surface area contributed by atoms with Crippen LogP contribution in [0.5, 0.6) is 0 Å². The van der Waals surface area contributed by atoms with E-state index in [1.165, 1.54) is 13.2 Å². The van der Waals surface area contributed by atoms with E-state index >= 15 is 0 Å². The Hall–Kier alpha value is -1.73. The van der Waals surface area contributed by atoms with Gasteiger partial charge < -0.3 is 20.5 Å². The zero-order valence-electron chi connectivity index (χ0n) is 13.2. The fourth-order valence-electron chi connectivity index (χ4n) is 2.56. The van der Waals surface area contributed by atoms with E-state index in [9.17, 15) is 18.7 Å². The van der Waals surface area contributed by atoms with Crippen LogP contribution in [0.25, 0.3) is 0 Å². The van der Waals surface area contributed by atoms with Crippen molar-refractivity contribution in [2.45, 2.75) is 31.3 Å². The fraction of sp³-hybridized carbons (Fsp3) is 0.562. The lowest BCUT2D eigenvalue weighted by atomic mass is 9.97. The normalized spacial score (nSPS) is 18.1. The first-order valence-electron chi connectivity index (χ1n) is 7.53. The molecule has 1 fully saturated rings. The number of methoxy groups -OCH3 is 1. The number of rotatable bonds is 7. The van der Waals surface area contributed by atoms with Gasteiger partial charge in [-0.2, -0.15) is 0 Å². The highest BCUT2D eigenvalue weighted by molar-refractivity contribution is 5.75. The summed E-state index contributed by atoms with van der Waals surface area (Å²) < 4.78 is 31.5. The maximum Gasteiger partial charge on any atom is 0.315 e. The second-order valence-electron chi connectivity index (χ2n) is 6.13. The van der Waals surface area contributed by atoms with Crippen LogP contribution >= 0.6 is 0 Å². The topological polar surface area (TPSA) is 70.6 Å². The summed E-state index contributed by atoms with van der Waals surface area (Å²) in [5.74, 6) is -1.68. The van der Waals surface area contributed by atoms with E-state index in [0.29, 0.717) is 5.56 Å². The third-order valence-electron chi connectivity index (χ3n) is 4.19. The second-order valence-corrected chi connectivity index (χ2v) is 6.13. The number of halogens is 2. The number of carbonyl (C=O) groups is 1. The fourth-order valence-corrected chi connectivity index (χ4v) is 2.56. The van der Waals surface area contributed by atoms with Crippen LogP contribution in [0.4, 0.5) is 13.6 Å². The number of aliphatic hydroxyl groups excluding tert-OH is 1. The Labute approximate surface area is 134 Å². The van der Waals surface area contributed by atoms with Crippen molar-refractivity contribution < 1.29 is 23.4 Å². The van der Waals surface area contributed by atoms with Crippen molar-refractivity contribution in [1.29, 1.82) is 0 Å². The van der Waals surface area contributed by atoms with Crippen molar-refractivity contribution >= 4 is 6.03 Å². The van der Waals surface area contributed by atoms with Gasteiger partial charge in [-0.15, -0.1) is 0 Å². The van der Waals surface area contributed by atoms with Crippen LogP contribution in [0.15, 0.2) is 18.2 Å². The summed E-state index contributed by atoms with van der Waals surface area (Å²) in [6.07, 6.45) is 1.92. The van der Waals surface area contributed by atoms with Gasteiger partial charge in [0.05, 0.1) is 24.8 Å². The number of urea groups is 1. The Morgan fingerprint density at radius 2 is 2.13 bits per heavy atom. The van der Waals surface area contributed by atoms with E-state index in [1.807, 2.05) is 0 Å². The second kappa shape index (κ2) is 7.23. The van der Waals surface area contributed by atoms with Crippen molar-refractivity contribution in [2.75, 3.05) is 20.3 Å². The summed E-state index contributed by atoms with van der Waals surface area (Å²) in [6.45, 7) is 1.73. The lowest BCUT2D eigenvalue weighted by Gasteiger charge is -2.30. The van der Waals surface area contributed by atoms with Gasteiger partial charge in [-0.1, -0.05) is 6.07 Å². The van der Waals surface area contributed by atoms with E-state index < -0.39 is 29.2 Å². The Morgan fingerprint density at radius 3 is 2.65 bits per heavy atom. The maximum atomic E-state index is 13.4. The monoisotopic (exact) mass is 328 g/mol. The number of aliphatic hydroxyl groups is 1. The molecule has 2 unspecified atom stereocenters. The van der Waals surface area contributed by atoms with Crippen molar-refractivity contribution in [1.82, 2.24) is 10.6 Å². The highest BCUT2D eigenvalue weighted by Gasteiger charge is 2.42. The first-order valence-corrected chi connectivity index (χ1v) is 7.53. The zero-order valence-corrected chi connectivity index (χ0v) is 13.2. The quantitative estimate of drug-likeness (QED) is 0.718. The number of ether oxygens (including phenoxy) is 1. The molecule has 1 aromatic carbocycles. The van der Waals surface area contributed by atoms with Crippen molar-refractivity contribution in [2.24, 2.45) is 5.92 Å². The predicted molar refractivity (Wildman–Crippen MR) is 80.9 cm³/mol. The molecule has 128 valence electrons. The van der Waals surface area contributed by atoms with Gasteiger partial charge in [0.25, 0.3) is 0 Å². The third kappa shape index (κ3) is 4.39. The minimum absolute atomic E-state index is 0.109. The zero-order chi connectivity index (χ0) is 17.0. The molecule has 2 amide bonds. The van der Waals surface area contributed by atoms with E-state index in [2.05, 4.69) is 10.6 Å². The number of nitrogens with one attached hydrogen (secondary N) is 2. The van der Waals surface area contributed by atoms with Gasteiger partial charge in [-0.05, 0) is 43.4 Å². The number of carbonyl (C=O) groups excluding carboxylic acids is 1. The van der Waals surface area contributed by atoms with Crippen LogP contribution in [-0.2, 0) is 4.74 Å². The van der Waals surface area contributed by atoms with Gasteiger partial charge in [-0.3, -0.25) is 0 Å². The number of hydrogen-bond donors (Lipinski definition) is 3. The lowest BCUT2D eigenvalue weighted by molar-refractivity contribution is 0.144. The molecule has 5 nitrogen and oxygen atoms in total. The molecule has 1 aliphatic carbocycles. The minimum Gasteiger partial charge on any atom is -0.394 e. The van der Waals surface area contributed by atoms with Gasteiger partial charge in [-0.25, -0.2) is 13.6 Å². The largest absolute Gasteiger partial charge is 0.394 e. The Kier molecular flexibility index (Phi) is 5.54. The van der Waals surface area contributed by atoms with Gasteiger partial charge in [0.1, 0.15) is 0 Å². The SMILES string of the molecule is COCC(NC(=O)NC(C)(CO)C1CC1)c1ccc(F)c(F)c1. The molecule has 0 saturated heterocycles. The molecule has 7 heteroatoms. The van der Waals surface area contributed by atoms with Crippen molar-refractivity contribution in [3.63, 3.8) is 0 Å². The lowest BCUT2D eigenvalue weighted by Crippen LogP contribution is -2.54. The molecule has 2 rings (SSSR count). The molecular weight excluding hydrogens is 306 g/mol. The average Bonchev–Trinajstić information content (AvgIpc) is 3.34. The molecule has 0 heterocycles. The molecule has 0 bridgehead atoms. The molecule has 1 aliphatic rings. The molecule has 23 heavy (non-hydrogen) atoms. The molecule has 1 saturated carbocycles. The van der Waals surface area contributed by atoms with E-state index in [0.717, 1.165) is 25.0 Å². The molecular formula is C16H22F2N2O3. The van der Waals surface area contributed by atoms with Crippen LogP contribution < -0.4 is 10.6 Å². The van der Waals surface area contributed by atoms with Crippen LogP contribution in [0.1, 0.15) is 31.4 Å². The number of amides is 2. The minimum atomic E-state index is -0.982. The molecule has 2 atom stereocenters. The van der Waals surface area contributed by atoms with Crippen molar-refractivity contribution in [3.8, 4) is 0 Å². The standard InChI is InChI=1S/C16H22F2N2O3/c1-16(9-21,11-4-5-11)20-15(22)19-14(8-23-2)10-3-6-12(17)13(18)7-10/h3,6-7,11,14,21H,4-5,8-9H2,1-2H3,(H2,19,20,22). The Bertz CT molecular complexity index is 566. The van der Waals surface area contributed by atoms with E-state index in [4.69, 9.17) is 4.74 Å². The average molecular weight is 328 g/mol. The molecule has 0 spiro atoms. The first kappa shape index (κ1) is 17.6. The summed E-state index contributed by atoms with van der Waals surface area (Å²) in [6, 6.07) is 2.33. The number of hydrogen-bond acceptors (Lipinski definition) is 3. The summed E-state index contributed by atoms with van der Waals surface area (Å²) in [5.41, 5.74) is -0.284. The summed E-state index contributed by atoms with van der Waals surface area (Å²) in [4.78, 5) is 12.2. The van der Waals surface area contributed by atoms with Gasteiger partial charge in [0.2, 0.25) is 0 Å². The van der Waals surface area contributed by atoms with Crippen LogP contribution in [0.3, 0.4) is 0 Å².